The summed E-state index contributed by atoms with van der Waals surface area (Å²) in [4.78, 5) is 9.77. The van der Waals surface area contributed by atoms with Crippen molar-refractivity contribution in [3.05, 3.63) is 40.1 Å². The van der Waals surface area contributed by atoms with Gasteiger partial charge in [0.15, 0.2) is 0 Å². The molecule has 0 aliphatic heterocycles. The van der Waals surface area contributed by atoms with E-state index in [-0.39, 0.29) is 6.04 Å². The van der Waals surface area contributed by atoms with Gasteiger partial charge in [0.25, 0.3) is 0 Å². The highest BCUT2D eigenvalue weighted by Gasteiger charge is 2.09. The lowest BCUT2D eigenvalue weighted by atomic mass is 10.2. The van der Waals surface area contributed by atoms with E-state index in [0.717, 1.165) is 16.4 Å². The summed E-state index contributed by atoms with van der Waals surface area (Å²) in [5.74, 6) is 0. The van der Waals surface area contributed by atoms with E-state index >= 15 is 0 Å². The van der Waals surface area contributed by atoms with Gasteiger partial charge in [-0.2, -0.15) is 0 Å². The first-order valence-electron chi connectivity index (χ1n) is 5.27. The molecule has 0 radical (unpaired) electrons. The standard InChI is InChI=1S/C12H15N3S/c1-8-11(5-4-6-13-8)15-9(2)12-7-14-10(3)16-12/h4-7,9,15H,1-3H3. The van der Waals surface area contributed by atoms with Crippen LogP contribution in [-0.2, 0) is 0 Å². The summed E-state index contributed by atoms with van der Waals surface area (Å²) in [5, 5.41) is 4.55. The number of pyridine rings is 1. The van der Waals surface area contributed by atoms with Gasteiger partial charge in [-0.15, -0.1) is 11.3 Å². The molecule has 0 aromatic carbocycles. The average molecular weight is 233 g/mol. The number of anilines is 1. The Morgan fingerprint density at radius 1 is 1.31 bits per heavy atom. The Bertz CT molecular complexity index is 479. The fourth-order valence-electron chi connectivity index (χ4n) is 1.52. The molecule has 0 amide bonds. The number of hydrogen-bond donors (Lipinski definition) is 1. The average Bonchev–Trinajstić information content (AvgIpc) is 2.68. The number of thiazole rings is 1. The van der Waals surface area contributed by atoms with Crippen LogP contribution in [0.5, 0.6) is 0 Å². The molecule has 0 fully saturated rings. The molecule has 0 aliphatic carbocycles. The highest BCUT2D eigenvalue weighted by Crippen LogP contribution is 2.24. The van der Waals surface area contributed by atoms with Crippen molar-refractivity contribution in [1.29, 1.82) is 0 Å². The quantitative estimate of drug-likeness (QED) is 0.883. The van der Waals surface area contributed by atoms with E-state index < -0.39 is 0 Å². The summed E-state index contributed by atoms with van der Waals surface area (Å²) >= 11 is 1.73. The first-order valence-corrected chi connectivity index (χ1v) is 6.09. The summed E-state index contributed by atoms with van der Waals surface area (Å²) in [6, 6.07) is 4.27. The third-order valence-electron chi connectivity index (χ3n) is 2.44. The molecule has 4 heteroatoms. The van der Waals surface area contributed by atoms with E-state index in [1.807, 2.05) is 38.4 Å². The largest absolute Gasteiger partial charge is 0.376 e. The molecule has 3 nitrogen and oxygen atoms in total. The molecule has 0 saturated carbocycles. The van der Waals surface area contributed by atoms with Crippen LogP contribution in [0.3, 0.4) is 0 Å². The molecule has 2 aromatic heterocycles. The maximum absolute atomic E-state index is 4.26. The van der Waals surface area contributed by atoms with E-state index in [0.29, 0.717) is 0 Å². The lowest BCUT2D eigenvalue weighted by molar-refractivity contribution is 0.897. The number of nitrogens with zero attached hydrogens (tertiary/aromatic N) is 2. The van der Waals surface area contributed by atoms with Crippen LogP contribution in [0.4, 0.5) is 5.69 Å². The van der Waals surface area contributed by atoms with Crippen molar-refractivity contribution in [1.82, 2.24) is 9.97 Å². The minimum atomic E-state index is 0.272. The monoisotopic (exact) mass is 233 g/mol. The Kier molecular flexibility index (Phi) is 3.19. The molecule has 2 heterocycles. The van der Waals surface area contributed by atoms with Gasteiger partial charge in [0.1, 0.15) is 0 Å². The lowest BCUT2D eigenvalue weighted by Gasteiger charge is -2.14. The fraction of sp³-hybridized carbons (Fsp3) is 0.333. The molecule has 0 aliphatic rings. The molecule has 1 atom stereocenters. The van der Waals surface area contributed by atoms with Crippen molar-refractivity contribution >= 4 is 17.0 Å². The van der Waals surface area contributed by atoms with Crippen LogP contribution < -0.4 is 5.32 Å². The molecular weight excluding hydrogens is 218 g/mol. The van der Waals surface area contributed by atoms with Gasteiger partial charge in [-0.1, -0.05) is 0 Å². The van der Waals surface area contributed by atoms with Crippen LogP contribution in [0.2, 0.25) is 0 Å². The summed E-state index contributed by atoms with van der Waals surface area (Å²) in [6.07, 6.45) is 3.74. The Balaban J connectivity index is 2.13. The van der Waals surface area contributed by atoms with Crippen molar-refractivity contribution in [3.63, 3.8) is 0 Å². The van der Waals surface area contributed by atoms with E-state index in [4.69, 9.17) is 0 Å². The van der Waals surface area contributed by atoms with Crippen LogP contribution in [0.25, 0.3) is 0 Å². The van der Waals surface area contributed by atoms with Gasteiger partial charge in [-0.3, -0.25) is 4.98 Å². The summed E-state index contributed by atoms with van der Waals surface area (Å²) < 4.78 is 0. The highest BCUT2D eigenvalue weighted by molar-refractivity contribution is 7.11. The summed E-state index contributed by atoms with van der Waals surface area (Å²) in [5.41, 5.74) is 2.11. The molecule has 0 bridgehead atoms. The van der Waals surface area contributed by atoms with E-state index in [1.54, 1.807) is 11.3 Å². The molecule has 1 N–H and O–H groups in total. The molecule has 0 saturated heterocycles. The Labute approximate surface area is 99.6 Å². The van der Waals surface area contributed by atoms with Gasteiger partial charge in [0.2, 0.25) is 0 Å². The SMILES string of the molecule is Cc1ncc(C(C)Nc2cccnc2C)s1. The molecule has 16 heavy (non-hydrogen) atoms. The van der Waals surface area contributed by atoms with Crippen molar-refractivity contribution < 1.29 is 0 Å². The number of nitrogens with one attached hydrogen (secondary N) is 1. The van der Waals surface area contributed by atoms with Crippen LogP contribution in [-0.4, -0.2) is 9.97 Å². The van der Waals surface area contributed by atoms with Gasteiger partial charge in [-0.05, 0) is 32.9 Å². The highest BCUT2D eigenvalue weighted by atomic mass is 32.1. The second-order valence-electron chi connectivity index (χ2n) is 3.78. The van der Waals surface area contributed by atoms with Crippen LogP contribution in [0, 0.1) is 13.8 Å². The summed E-state index contributed by atoms with van der Waals surface area (Å²) in [7, 11) is 0. The van der Waals surface area contributed by atoms with E-state index in [2.05, 4.69) is 22.2 Å². The second kappa shape index (κ2) is 4.61. The Hall–Kier alpha value is -1.42. The first kappa shape index (κ1) is 11.1. The Morgan fingerprint density at radius 3 is 2.75 bits per heavy atom. The molecule has 0 spiro atoms. The van der Waals surface area contributed by atoms with E-state index in [9.17, 15) is 0 Å². The van der Waals surface area contributed by atoms with Crippen molar-refractivity contribution in [2.75, 3.05) is 5.32 Å². The molecule has 2 rings (SSSR count). The van der Waals surface area contributed by atoms with Crippen molar-refractivity contribution in [2.45, 2.75) is 26.8 Å². The number of aryl methyl sites for hydroxylation is 2. The maximum atomic E-state index is 4.26. The number of rotatable bonds is 3. The van der Waals surface area contributed by atoms with Gasteiger partial charge >= 0.3 is 0 Å². The zero-order chi connectivity index (χ0) is 11.5. The van der Waals surface area contributed by atoms with Crippen molar-refractivity contribution in [3.8, 4) is 0 Å². The lowest BCUT2D eigenvalue weighted by Crippen LogP contribution is -2.06. The van der Waals surface area contributed by atoms with E-state index in [1.165, 1.54) is 4.88 Å². The zero-order valence-electron chi connectivity index (χ0n) is 9.69. The normalized spacial score (nSPS) is 12.4. The minimum absolute atomic E-state index is 0.272. The van der Waals surface area contributed by atoms with Crippen molar-refractivity contribution in [2.24, 2.45) is 0 Å². The van der Waals surface area contributed by atoms with Gasteiger partial charge < -0.3 is 5.32 Å². The van der Waals surface area contributed by atoms with Crippen LogP contribution in [0.1, 0.15) is 28.5 Å². The minimum Gasteiger partial charge on any atom is -0.376 e. The molecule has 84 valence electrons. The first-order chi connectivity index (χ1) is 7.66. The number of hydrogen-bond acceptors (Lipinski definition) is 4. The zero-order valence-corrected chi connectivity index (χ0v) is 10.5. The van der Waals surface area contributed by atoms with Gasteiger partial charge in [-0.25, -0.2) is 4.98 Å². The van der Waals surface area contributed by atoms with Crippen LogP contribution in [0.15, 0.2) is 24.5 Å². The smallest absolute Gasteiger partial charge is 0.0897 e. The Morgan fingerprint density at radius 2 is 2.12 bits per heavy atom. The van der Waals surface area contributed by atoms with Crippen LogP contribution >= 0.6 is 11.3 Å². The second-order valence-corrected chi connectivity index (χ2v) is 5.05. The maximum Gasteiger partial charge on any atom is 0.0897 e. The number of aromatic nitrogens is 2. The summed E-state index contributed by atoms with van der Waals surface area (Å²) in [6.45, 7) is 6.17. The molecular formula is C12H15N3S. The van der Waals surface area contributed by atoms with Gasteiger partial charge in [0, 0.05) is 17.3 Å². The topological polar surface area (TPSA) is 37.8 Å². The molecule has 2 aromatic rings. The molecule has 1 unspecified atom stereocenters. The van der Waals surface area contributed by atoms with Gasteiger partial charge in [0.05, 0.1) is 22.4 Å². The fourth-order valence-corrected chi connectivity index (χ4v) is 2.31. The third-order valence-corrected chi connectivity index (χ3v) is 3.54. The predicted molar refractivity (Wildman–Crippen MR) is 67.9 cm³/mol. The predicted octanol–water partition coefficient (Wildman–Crippen LogP) is 3.33. The third kappa shape index (κ3) is 2.39.